The third kappa shape index (κ3) is 3.77. The van der Waals surface area contributed by atoms with Crippen LogP contribution in [0, 0.1) is 0 Å². The second-order valence-corrected chi connectivity index (χ2v) is 7.79. The second-order valence-electron chi connectivity index (χ2n) is 6.11. The van der Waals surface area contributed by atoms with Gasteiger partial charge in [-0.3, -0.25) is 9.52 Å². The lowest BCUT2D eigenvalue weighted by molar-refractivity contribution is -0.117. The summed E-state index contributed by atoms with van der Waals surface area (Å²) in [5.41, 5.74) is 1.43. The molecule has 0 saturated heterocycles. The molecule has 2 N–H and O–H groups in total. The molecule has 0 atom stereocenters. The standard InChI is InChI=1S/C17H21N5O3S/c1-3-4-9-18-15-7-8-16(20-19-15)21-26(24,25)13-5-6-14-12(10-13)11-17(23)22(14)2/h5-8,10H,3-4,9,11H2,1-2H3,(H,18,19)(H,20,21). The largest absolute Gasteiger partial charge is 0.369 e. The van der Waals surface area contributed by atoms with Gasteiger partial charge >= 0.3 is 0 Å². The number of carbonyl (C=O) groups is 1. The summed E-state index contributed by atoms with van der Waals surface area (Å²) >= 11 is 0. The van der Waals surface area contributed by atoms with Crippen LogP contribution in [-0.2, 0) is 21.2 Å². The van der Waals surface area contributed by atoms with Gasteiger partial charge in [-0.2, -0.15) is 0 Å². The van der Waals surface area contributed by atoms with E-state index in [1.165, 1.54) is 17.0 Å². The molecule has 2 aromatic rings. The normalized spacial score (nSPS) is 13.6. The molecule has 1 amide bonds. The van der Waals surface area contributed by atoms with Crippen LogP contribution >= 0.6 is 0 Å². The highest BCUT2D eigenvalue weighted by molar-refractivity contribution is 7.92. The van der Waals surface area contributed by atoms with E-state index in [1.54, 1.807) is 25.2 Å². The first-order chi connectivity index (χ1) is 12.4. The second kappa shape index (κ2) is 7.28. The monoisotopic (exact) mass is 375 g/mol. The van der Waals surface area contributed by atoms with Gasteiger partial charge in [0.15, 0.2) is 5.82 Å². The molecular weight excluding hydrogens is 354 g/mol. The number of hydrogen-bond acceptors (Lipinski definition) is 6. The maximum Gasteiger partial charge on any atom is 0.263 e. The van der Waals surface area contributed by atoms with Gasteiger partial charge in [0.25, 0.3) is 10.0 Å². The molecule has 0 aliphatic carbocycles. The van der Waals surface area contributed by atoms with Crippen molar-refractivity contribution in [3.63, 3.8) is 0 Å². The summed E-state index contributed by atoms with van der Waals surface area (Å²) in [5, 5.41) is 11.0. The molecule has 1 aliphatic rings. The number of nitrogens with one attached hydrogen (secondary N) is 2. The zero-order valence-corrected chi connectivity index (χ0v) is 15.5. The van der Waals surface area contributed by atoms with E-state index in [1.807, 2.05) is 0 Å². The van der Waals surface area contributed by atoms with E-state index in [9.17, 15) is 13.2 Å². The van der Waals surface area contributed by atoms with Gasteiger partial charge in [0.2, 0.25) is 5.91 Å². The van der Waals surface area contributed by atoms with E-state index >= 15 is 0 Å². The van der Waals surface area contributed by atoms with Crippen LogP contribution in [0.5, 0.6) is 0 Å². The minimum absolute atomic E-state index is 0.0560. The zero-order chi connectivity index (χ0) is 18.7. The van der Waals surface area contributed by atoms with E-state index in [0.29, 0.717) is 11.4 Å². The van der Waals surface area contributed by atoms with Crippen molar-refractivity contribution in [1.29, 1.82) is 0 Å². The van der Waals surface area contributed by atoms with Gasteiger partial charge < -0.3 is 10.2 Å². The fourth-order valence-corrected chi connectivity index (χ4v) is 3.73. The van der Waals surface area contributed by atoms with Gasteiger partial charge in [-0.1, -0.05) is 13.3 Å². The molecule has 26 heavy (non-hydrogen) atoms. The third-order valence-corrected chi connectivity index (χ3v) is 5.53. The van der Waals surface area contributed by atoms with Crippen LogP contribution in [0.2, 0.25) is 0 Å². The van der Waals surface area contributed by atoms with Crippen LogP contribution in [0.25, 0.3) is 0 Å². The average molecular weight is 375 g/mol. The molecule has 3 rings (SSSR count). The predicted molar refractivity (Wildman–Crippen MR) is 99.8 cm³/mol. The zero-order valence-electron chi connectivity index (χ0n) is 14.7. The Bertz CT molecular complexity index is 912. The number of benzene rings is 1. The Labute approximate surface area is 152 Å². The maximum absolute atomic E-state index is 12.6. The van der Waals surface area contributed by atoms with Gasteiger partial charge in [0.05, 0.1) is 11.3 Å². The summed E-state index contributed by atoms with van der Waals surface area (Å²) in [7, 11) is -2.13. The van der Waals surface area contributed by atoms with Crippen molar-refractivity contribution in [2.75, 3.05) is 28.5 Å². The highest BCUT2D eigenvalue weighted by atomic mass is 32.2. The minimum Gasteiger partial charge on any atom is -0.369 e. The van der Waals surface area contributed by atoms with Crippen LogP contribution < -0.4 is 14.9 Å². The average Bonchev–Trinajstić information content (AvgIpc) is 2.90. The van der Waals surface area contributed by atoms with Crippen LogP contribution in [0.4, 0.5) is 17.3 Å². The molecule has 0 radical (unpaired) electrons. The molecule has 0 spiro atoms. The number of amides is 1. The number of likely N-dealkylation sites (N-methyl/N-ethyl adjacent to an activating group) is 1. The Morgan fingerprint density at radius 2 is 1.88 bits per heavy atom. The number of sulfonamides is 1. The number of carbonyl (C=O) groups excluding carboxylic acids is 1. The van der Waals surface area contributed by atoms with E-state index in [4.69, 9.17) is 0 Å². The fraction of sp³-hybridized carbons (Fsp3) is 0.353. The van der Waals surface area contributed by atoms with Crippen molar-refractivity contribution in [3.05, 3.63) is 35.9 Å². The molecule has 9 heteroatoms. The van der Waals surface area contributed by atoms with Crippen LogP contribution in [0.15, 0.2) is 35.2 Å². The van der Waals surface area contributed by atoms with Gasteiger partial charge in [0.1, 0.15) is 5.82 Å². The Hall–Kier alpha value is -2.68. The molecule has 0 unspecified atom stereocenters. The summed E-state index contributed by atoms with van der Waals surface area (Å²) in [6, 6.07) is 7.87. The van der Waals surface area contributed by atoms with E-state index in [0.717, 1.165) is 25.1 Å². The van der Waals surface area contributed by atoms with Crippen molar-refractivity contribution >= 4 is 33.3 Å². The maximum atomic E-state index is 12.6. The molecule has 1 aromatic heterocycles. The number of aromatic nitrogens is 2. The van der Waals surface area contributed by atoms with E-state index in [2.05, 4.69) is 27.2 Å². The number of hydrogen-bond donors (Lipinski definition) is 2. The first-order valence-corrected chi connectivity index (χ1v) is 9.89. The van der Waals surface area contributed by atoms with Gasteiger partial charge in [-0.25, -0.2) is 8.42 Å². The summed E-state index contributed by atoms with van der Waals surface area (Å²) < 4.78 is 27.5. The summed E-state index contributed by atoms with van der Waals surface area (Å²) in [4.78, 5) is 13.4. The summed E-state index contributed by atoms with van der Waals surface area (Å²) in [6.07, 6.45) is 2.29. The molecule has 0 saturated carbocycles. The first kappa shape index (κ1) is 18.1. The smallest absolute Gasteiger partial charge is 0.263 e. The lowest BCUT2D eigenvalue weighted by Crippen LogP contribution is -2.20. The van der Waals surface area contributed by atoms with Crippen molar-refractivity contribution < 1.29 is 13.2 Å². The Kier molecular flexibility index (Phi) is 5.08. The number of fused-ring (bicyclic) bond motifs is 1. The van der Waals surface area contributed by atoms with E-state index in [-0.39, 0.29) is 23.0 Å². The molecule has 1 aliphatic heterocycles. The molecule has 2 heterocycles. The Morgan fingerprint density at radius 1 is 1.15 bits per heavy atom. The summed E-state index contributed by atoms with van der Waals surface area (Å²) in [6.45, 7) is 2.89. The predicted octanol–water partition coefficient (Wildman–Crippen LogP) is 2.01. The number of unbranched alkanes of at least 4 members (excludes halogenated alkanes) is 1. The van der Waals surface area contributed by atoms with Crippen LogP contribution in [-0.4, -0.2) is 38.1 Å². The first-order valence-electron chi connectivity index (χ1n) is 8.40. The van der Waals surface area contributed by atoms with Crippen molar-refractivity contribution in [2.24, 2.45) is 0 Å². The SMILES string of the molecule is CCCCNc1ccc(NS(=O)(=O)c2ccc3c(c2)CC(=O)N3C)nn1. The topological polar surface area (TPSA) is 104 Å². The van der Waals surface area contributed by atoms with Crippen LogP contribution in [0.1, 0.15) is 25.3 Å². The molecular formula is C17H21N5O3S. The number of rotatable bonds is 7. The molecule has 1 aromatic carbocycles. The Balaban J connectivity index is 1.73. The van der Waals surface area contributed by atoms with Gasteiger partial charge in [0, 0.05) is 19.3 Å². The van der Waals surface area contributed by atoms with Crippen molar-refractivity contribution in [2.45, 2.75) is 31.1 Å². The summed E-state index contributed by atoms with van der Waals surface area (Å²) in [5.74, 6) is 0.680. The highest BCUT2D eigenvalue weighted by Crippen LogP contribution is 2.30. The molecule has 0 fully saturated rings. The highest BCUT2D eigenvalue weighted by Gasteiger charge is 2.26. The lowest BCUT2D eigenvalue weighted by Gasteiger charge is -2.11. The minimum atomic E-state index is -3.81. The molecule has 8 nitrogen and oxygen atoms in total. The Morgan fingerprint density at radius 3 is 2.58 bits per heavy atom. The fourth-order valence-electron chi connectivity index (χ4n) is 2.68. The molecule has 138 valence electrons. The quantitative estimate of drug-likeness (QED) is 0.718. The number of anilines is 3. The van der Waals surface area contributed by atoms with E-state index < -0.39 is 10.0 Å². The molecule has 0 bridgehead atoms. The van der Waals surface area contributed by atoms with Gasteiger partial charge in [-0.15, -0.1) is 10.2 Å². The van der Waals surface area contributed by atoms with Crippen LogP contribution in [0.3, 0.4) is 0 Å². The number of nitrogens with zero attached hydrogens (tertiary/aromatic N) is 3. The van der Waals surface area contributed by atoms with Gasteiger partial charge in [-0.05, 0) is 42.3 Å². The van der Waals surface area contributed by atoms with Crippen molar-refractivity contribution in [3.8, 4) is 0 Å². The third-order valence-electron chi connectivity index (χ3n) is 4.18. The lowest BCUT2D eigenvalue weighted by atomic mass is 10.2. The van der Waals surface area contributed by atoms with Crippen molar-refractivity contribution in [1.82, 2.24) is 10.2 Å².